The number of hydrogen-bond donors (Lipinski definition) is 0. The van der Waals surface area contributed by atoms with Gasteiger partial charge in [0.1, 0.15) is 17.5 Å². The maximum absolute atomic E-state index is 13.5. The summed E-state index contributed by atoms with van der Waals surface area (Å²) in [4.78, 5) is 38.5. The van der Waals surface area contributed by atoms with Gasteiger partial charge in [0.2, 0.25) is 5.91 Å². The Morgan fingerprint density at radius 3 is 2.27 bits per heavy atom. The van der Waals surface area contributed by atoms with Crippen LogP contribution in [0.15, 0.2) is 42.7 Å². The number of ether oxygens (including phenoxy) is 1. The number of amides is 2. The van der Waals surface area contributed by atoms with E-state index in [0.29, 0.717) is 24.7 Å². The van der Waals surface area contributed by atoms with Crippen LogP contribution < -0.4 is 4.90 Å². The topological polar surface area (TPSA) is 75.6 Å². The molecule has 0 spiro atoms. The van der Waals surface area contributed by atoms with Crippen molar-refractivity contribution in [1.82, 2.24) is 14.9 Å². The second-order valence-electron chi connectivity index (χ2n) is 10.0. The fourth-order valence-corrected chi connectivity index (χ4v) is 4.50. The van der Waals surface area contributed by atoms with E-state index < -0.39 is 17.7 Å². The highest BCUT2D eigenvalue weighted by Gasteiger charge is 2.42. The number of anilines is 1. The molecule has 1 atom stereocenters. The van der Waals surface area contributed by atoms with Crippen molar-refractivity contribution in [1.29, 1.82) is 0 Å². The van der Waals surface area contributed by atoms with Crippen LogP contribution in [0, 0.1) is 0 Å². The highest BCUT2D eigenvalue weighted by Crippen LogP contribution is 2.32. The van der Waals surface area contributed by atoms with Crippen molar-refractivity contribution in [3.8, 4) is 0 Å². The Balaban J connectivity index is 1.50. The van der Waals surface area contributed by atoms with Gasteiger partial charge in [0.25, 0.3) is 0 Å². The summed E-state index contributed by atoms with van der Waals surface area (Å²) in [5.74, 6) is 0.991. The molecule has 1 aromatic heterocycles. The lowest BCUT2D eigenvalue weighted by atomic mass is 9.85. The smallest absolute Gasteiger partial charge is 0.410 e. The quantitative estimate of drug-likeness (QED) is 0.636. The first kappa shape index (κ1) is 23.2. The molecule has 0 bridgehead atoms. The summed E-state index contributed by atoms with van der Waals surface area (Å²) in [6.07, 6.45) is 10.2. The van der Waals surface area contributed by atoms with Crippen LogP contribution >= 0.6 is 0 Å². The van der Waals surface area contributed by atoms with E-state index in [4.69, 9.17) is 4.74 Å². The van der Waals surface area contributed by atoms with E-state index in [1.807, 2.05) is 63.5 Å². The van der Waals surface area contributed by atoms with Crippen molar-refractivity contribution in [2.75, 3.05) is 11.4 Å². The summed E-state index contributed by atoms with van der Waals surface area (Å²) in [5, 5.41) is 0. The number of carbonyl (C=O) groups is 2. The average Bonchev–Trinajstić information content (AvgIpc) is 2.77. The first-order chi connectivity index (χ1) is 15.8. The minimum absolute atomic E-state index is 0.140. The van der Waals surface area contributed by atoms with E-state index in [9.17, 15) is 9.59 Å². The van der Waals surface area contributed by atoms with Crippen LogP contribution in [-0.4, -0.2) is 45.1 Å². The van der Waals surface area contributed by atoms with E-state index in [1.54, 1.807) is 4.90 Å². The van der Waals surface area contributed by atoms with Gasteiger partial charge < -0.3 is 9.64 Å². The van der Waals surface area contributed by atoms with Crippen LogP contribution in [0.25, 0.3) is 0 Å². The molecular weight excluding hydrogens is 416 g/mol. The number of rotatable bonds is 5. The van der Waals surface area contributed by atoms with Gasteiger partial charge in [0.05, 0.1) is 6.54 Å². The lowest BCUT2D eigenvalue weighted by Crippen LogP contribution is -2.60. The van der Waals surface area contributed by atoms with Crippen molar-refractivity contribution in [2.24, 2.45) is 0 Å². The minimum atomic E-state index is -0.604. The summed E-state index contributed by atoms with van der Waals surface area (Å²) in [5.41, 5.74) is 1.34. The summed E-state index contributed by atoms with van der Waals surface area (Å²) >= 11 is 0. The molecule has 33 heavy (non-hydrogen) atoms. The number of para-hydroxylation sites is 1. The number of benzene rings is 1. The van der Waals surface area contributed by atoms with Gasteiger partial charge in [-0.05, 0) is 63.6 Å². The number of likely N-dealkylation sites (tertiary alicyclic amines) is 1. The number of aromatic nitrogens is 2. The van der Waals surface area contributed by atoms with Crippen molar-refractivity contribution >= 4 is 17.7 Å². The normalized spacial score (nSPS) is 19.0. The Morgan fingerprint density at radius 1 is 1.03 bits per heavy atom. The van der Waals surface area contributed by atoms with Crippen LogP contribution in [0.4, 0.5) is 10.5 Å². The fourth-order valence-electron chi connectivity index (χ4n) is 4.50. The molecule has 7 nitrogen and oxygen atoms in total. The van der Waals surface area contributed by atoms with Crippen LogP contribution in [0.5, 0.6) is 0 Å². The molecule has 1 saturated carbocycles. The Labute approximate surface area is 196 Å². The molecule has 2 heterocycles. The first-order valence-corrected chi connectivity index (χ1v) is 12.0. The Hall–Kier alpha value is -2.96. The summed E-state index contributed by atoms with van der Waals surface area (Å²) < 4.78 is 5.49. The van der Waals surface area contributed by atoms with Crippen LogP contribution in [0.3, 0.4) is 0 Å². The molecule has 2 fully saturated rings. The molecule has 2 aromatic rings. The average molecular weight is 451 g/mol. The van der Waals surface area contributed by atoms with Crippen molar-refractivity contribution in [3.05, 3.63) is 54.1 Å². The molecule has 1 aliphatic carbocycles. The molecule has 1 saturated heterocycles. The maximum atomic E-state index is 13.5. The van der Waals surface area contributed by atoms with E-state index in [0.717, 1.165) is 5.69 Å². The van der Waals surface area contributed by atoms with Crippen molar-refractivity contribution in [2.45, 2.75) is 83.4 Å². The number of nitrogens with zero attached hydrogens (tertiary/aromatic N) is 4. The molecule has 0 N–H and O–H groups in total. The minimum Gasteiger partial charge on any atom is -0.444 e. The van der Waals surface area contributed by atoms with Gasteiger partial charge in [-0.1, -0.05) is 37.5 Å². The third-order valence-corrected chi connectivity index (χ3v) is 6.37. The van der Waals surface area contributed by atoms with Crippen LogP contribution in [-0.2, 0) is 16.1 Å². The first-order valence-electron chi connectivity index (χ1n) is 12.0. The number of hydrogen-bond acceptors (Lipinski definition) is 5. The fraction of sp³-hybridized carbons (Fsp3) is 0.538. The molecule has 0 unspecified atom stereocenters. The Morgan fingerprint density at radius 2 is 1.70 bits per heavy atom. The van der Waals surface area contributed by atoms with Gasteiger partial charge in [-0.25, -0.2) is 14.8 Å². The molecule has 1 aromatic carbocycles. The van der Waals surface area contributed by atoms with Gasteiger partial charge in [-0.3, -0.25) is 9.69 Å². The molecule has 2 amide bonds. The molecule has 176 valence electrons. The van der Waals surface area contributed by atoms with Gasteiger partial charge in [-0.15, -0.1) is 0 Å². The van der Waals surface area contributed by atoms with Crippen molar-refractivity contribution < 1.29 is 14.3 Å². The third-order valence-electron chi connectivity index (χ3n) is 6.37. The maximum Gasteiger partial charge on any atom is 0.410 e. The van der Waals surface area contributed by atoms with Crippen LogP contribution in [0.2, 0.25) is 0 Å². The van der Waals surface area contributed by atoms with Crippen molar-refractivity contribution in [3.63, 3.8) is 0 Å². The molecular formula is C26H34N4O3. The van der Waals surface area contributed by atoms with Crippen LogP contribution in [0.1, 0.15) is 76.6 Å². The zero-order valence-electron chi connectivity index (χ0n) is 19.9. The number of carbonyl (C=O) groups excluding carboxylic acids is 2. The van der Waals surface area contributed by atoms with E-state index in [1.165, 1.54) is 42.6 Å². The van der Waals surface area contributed by atoms with E-state index in [2.05, 4.69) is 9.97 Å². The standard InChI is InChI=1S/C26H34N4O3/c1-26(2,3)33-25(32)29-15-14-22(29)24(31)30(21-12-8-5-9-13-21)18-23-27-16-20(17-28-23)19-10-6-4-7-11-19/h5,8-9,12-13,16-17,19,22H,4,6-7,10-11,14-15,18H2,1-3H3/t22-/m1/s1. The Kier molecular flexibility index (Phi) is 6.96. The summed E-state index contributed by atoms with van der Waals surface area (Å²) in [6, 6.07) is 8.96. The molecule has 2 aliphatic rings. The summed E-state index contributed by atoms with van der Waals surface area (Å²) in [6.45, 7) is 6.25. The van der Waals surface area contributed by atoms with E-state index in [-0.39, 0.29) is 12.5 Å². The van der Waals surface area contributed by atoms with Gasteiger partial charge in [0, 0.05) is 24.6 Å². The molecule has 1 aliphatic heterocycles. The lowest BCUT2D eigenvalue weighted by molar-refractivity contribution is -0.128. The van der Waals surface area contributed by atoms with Gasteiger partial charge in [-0.2, -0.15) is 0 Å². The summed E-state index contributed by atoms with van der Waals surface area (Å²) in [7, 11) is 0. The predicted molar refractivity (Wildman–Crippen MR) is 127 cm³/mol. The zero-order valence-corrected chi connectivity index (χ0v) is 19.9. The van der Waals surface area contributed by atoms with Gasteiger partial charge >= 0.3 is 6.09 Å². The highest BCUT2D eigenvalue weighted by molar-refractivity contribution is 5.99. The third kappa shape index (κ3) is 5.70. The zero-order chi connectivity index (χ0) is 23.4. The van der Waals surface area contributed by atoms with E-state index >= 15 is 0 Å². The molecule has 4 rings (SSSR count). The second kappa shape index (κ2) is 9.89. The highest BCUT2D eigenvalue weighted by atomic mass is 16.6. The monoisotopic (exact) mass is 450 g/mol. The Bertz CT molecular complexity index is 950. The SMILES string of the molecule is CC(C)(C)OC(=O)N1CC[C@@H]1C(=O)N(Cc1ncc(C2CCCCC2)cn1)c1ccccc1. The molecule has 0 radical (unpaired) electrons. The largest absolute Gasteiger partial charge is 0.444 e. The van der Waals surface area contributed by atoms with Gasteiger partial charge in [0.15, 0.2) is 0 Å². The molecule has 7 heteroatoms. The lowest BCUT2D eigenvalue weighted by Gasteiger charge is -2.42. The second-order valence-corrected chi connectivity index (χ2v) is 10.0. The predicted octanol–water partition coefficient (Wildman–Crippen LogP) is 5.07.